The Morgan fingerprint density at radius 2 is 1.33 bits per heavy atom. The number of aryl methyl sites for hydroxylation is 1. The number of para-hydroxylation sites is 3. The van der Waals surface area contributed by atoms with E-state index in [1.54, 1.807) is 0 Å². The lowest BCUT2D eigenvalue weighted by Crippen LogP contribution is -2.28. The molecule has 1 aliphatic carbocycles. The molecule has 0 N–H and O–H groups in total. The van der Waals surface area contributed by atoms with Crippen LogP contribution in [0.25, 0.3) is 49.8 Å². The first-order valence-electron chi connectivity index (χ1n) is 15.0. The van der Waals surface area contributed by atoms with Gasteiger partial charge in [0.2, 0.25) is 0 Å². The third-order valence-electron chi connectivity index (χ3n) is 9.23. The lowest BCUT2D eigenvalue weighted by molar-refractivity contribution is 0.664. The largest absolute Gasteiger partial charge is 0.454 e. The normalized spacial score (nSPS) is 13.5. The van der Waals surface area contributed by atoms with Crippen LogP contribution in [0.4, 0.5) is 0 Å². The molecule has 0 unspecified atom stereocenters. The highest BCUT2D eigenvalue weighted by Crippen LogP contribution is 2.59. The number of fused-ring (bicyclic) bond motifs is 8. The van der Waals surface area contributed by atoms with Crippen molar-refractivity contribution in [2.45, 2.75) is 18.8 Å². The minimum Gasteiger partial charge on any atom is -0.454 e. The maximum absolute atomic E-state index is 6.83. The van der Waals surface area contributed by atoms with Crippen LogP contribution in [-0.4, -0.2) is 9.55 Å². The van der Waals surface area contributed by atoms with E-state index in [0.29, 0.717) is 0 Å². The summed E-state index contributed by atoms with van der Waals surface area (Å²) in [7, 11) is 0. The van der Waals surface area contributed by atoms with E-state index in [1.807, 2.05) is 0 Å². The van der Waals surface area contributed by atoms with Crippen LogP contribution in [0.3, 0.4) is 0 Å². The molecule has 6 aromatic carbocycles. The van der Waals surface area contributed by atoms with Gasteiger partial charge in [-0.05, 0) is 57.6 Å². The Morgan fingerprint density at radius 1 is 0.674 bits per heavy atom. The topological polar surface area (TPSA) is 31.0 Å². The third-order valence-corrected chi connectivity index (χ3v) is 9.23. The van der Waals surface area contributed by atoms with Crippen LogP contribution in [0, 0.1) is 0 Å². The molecule has 3 nitrogen and oxygen atoms in total. The summed E-state index contributed by atoms with van der Waals surface area (Å²) in [6.45, 7) is 2.18. The van der Waals surface area contributed by atoms with Gasteiger partial charge in [0.1, 0.15) is 11.4 Å². The summed E-state index contributed by atoms with van der Waals surface area (Å²) < 4.78 is 9.15. The average molecular weight is 553 g/mol. The molecule has 8 aromatic rings. The molecule has 1 aliphatic rings. The van der Waals surface area contributed by atoms with E-state index < -0.39 is 5.41 Å². The molecular formula is C40H28N2O. The van der Waals surface area contributed by atoms with Crippen LogP contribution in [0.15, 0.2) is 144 Å². The van der Waals surface area contributed by atoms with Gasteiger partial charge in [-0.25, -0.2) is 4.98 Å². The Labute approximate surface area is 249 Å². The number of benzene rings is 6. The molecule has 3 heteroatoms. The molecule has 0 aliphatic heterocycles. The van der Waals surface area contributed by atoms with Gasteiger partial charge in [0.25, 0.3) is 0 Å². The predicted octanol–water partition coefficient (Wildman–Crippen LogP) is 9.85. The van der Waals surface area contributed by atoms with E-state index in [-0.39, 0.29) is 0 Å². The first-order chi connectivity index (χ1) is 21.3. The molecule has 2 aromatic heterocycles. The number of hydrogen-bond donors (Lipinski definition) is 0. The molecule has 0 saturated heterocycles. The maximum atomic E-state index is 6.83. The number of hydrogen-bond acceptors (Lipinski definition) is 2. The van der Waals surface area contributed by atoms with Crippen molar-refractivity contribution in [3.63, 3.8) is 0 Å². The second-order valence-electron chi connectivity index (χ2n) is 11.4. The molecule has 0 bridgehead atoms. The zero-order valence-electron chi connectivity index (χ0n) is 23.8. The fourth-order valence-corrected chi connectivity index (χ4v) is 7.54. The van der Waals surface area contributed by atoms with Gasteiger partial charge in [-0.2, -0.15) is 0 Å². The van der Waals surface area contributed by atoms with Gasteiger partial charge in [0, 0.05) is 17.2 Å². The smallest absolute Gasteiger partial charge is 0.160 e. The summed E-state index contributed by atoms with van der Waals surface area (Å²) >= 11 is 0. The highest BCUT2D eigenvalue weighted by atomic mass is 16.3. The Bertz CT molecular complexity index is 2290. The summed E-state index contributed by atoms with van der Waals surface area (Å²) in [5.41, 5.74) is 11.9. The highest BCUT2D eigenvalue weighted by Gasteiger charge is 2.47. The van der Waals surface area contributed by atoms with E-state index in [9.17, 15) is 0 Å². The average Bonchev–Trinajstić information content (AvgIpc) is 3.73. The number of furan rings is 1. The molecule has 0 atom stereocenters. The summed E-state index contributed by atoms with van der Waals surface area (Å²) in [6.07, 6.45) is 0.802. The molecule has 0 fully saturated rings. The SMILES string of the molecule is CCc1nc2ccccc2n1-c1cc2c(c3c1oc1ccccc13)-c1ccccc1C2(c1ccccc1)c1ccccc1. The van der Waals surface area contributed by atoms with Gasteiger partial charge in [0.05, 0.1) is 22.1 Å². The molecule has 2 heterocycles. The summed E-state index contributed by atoms with van der Waals surface area (Å²) in [4.78, 5) is 5.08. The first-order valence-corrected chi connectivity index (χ1v) is 15.0. The van der Waals surface area contributed by atoms with E-state index in [4.69, 9.17) is 9.40 Å². The van der Waals surface area contributed by atoms with Crippen molar-refractivity contribution in [2.24, 2.45) is 0 Å². The van der Waals surface area contributed by atoms with Gasteiger partial charge < -0.3 is 4.42 Å². The fraction of sp³-hybridized carbons (Fsp3) is 0.0750. The lowest BCUT2D eigenvalue weighted by atomic mass is 9.67. The number of aromatic nitrogens is 2. The first kappa shape index (κ1) is 24.2. The minimum atomic E-state index is -0.515. The molecule has 43 heavy (non-hydrogen) atoms. The van der Waals surface area contributed by atoms with E-state index >= 15 is 0 Å². The standard InChI is InChI=1S/C40H28N2O/c1-2-36-41-32-22-12-13-23-33(32)42(36)34-25-31-37(38-29-20-10-14-24-35(29)43-39(34)38)28-19-9-11-21-30(28)40(31,26-15-5-3-6-16-26)27-17-7-4-8-18-27/h3-25H,2H2,1H3. The summed E-state index contributed by atoms with van der Waals surface area (Å²) in [6, 6.07) is 50.2. The van der Waals surface area contributed by atoms with E-state index in [0.717, 1.165) is 50.9 Å². The van der Waals surface area contributed by atoms with Crippen LogP contribution >= 0.6 is 0 Å². The second-order valence-corrected chi connectivity index (χ2v) is 11.4. The van der Waals surface area contributed by atoms with Crippen LogP contribution in [0.1, 0.15) is 35.0 Å². The van der Waals surface area contributed by atoms with E-state index in [1.165, 1.54) is 33.4 Å². The van der Waals surface area contributed by atoms with Gasteiger partial charge in [-0.1, -0.05) is 122 Å². The molecule has 0 saturated carbocycles. The van der Waals surface area contributed by atoms with Crippen molar-refractivity contribution in [1.82, 2.24) is 9.55 Å². The van der Waals surface area contributed by atoms with Crippen molar-refractivity contribution < 1.29 is 4.42 Å². The van der Waals surface area contributed by atoms with Crippen molar-refractivity contribution >= 4 is 33.0 Å². The lowest BCUT2D eigenvalue weighted by Gasteiger charge is -2.34. The zero-order valence-corrected chi connectivity index (χ0v) is 23.8. The van der Waals surface area contributed by atoms with Gasteiger partial charge in [0.15, 0.2) is 5.58 Å². The number of rotatable bonds is 4. The molecule has 0 radical (unpaired) electrons. The highest BCUT2D eigenvalue weighted by molar-refractivity contribution is 6.18. The Balaban J connectivity index is 1.55. The maximum Gasteiger partial charge on any atom is 0.160 e. The fourth-order valence-electron chi connectivity index (χ4n) is 7.54. The zero-order chi connectivity index (χ0) is 28.5. The van der Waals surface area contributed by atoms with Crippen molar-refractivity contribution in [3.05, 3.63) is 168 Å². The number of imidazole rings is 1. The Kier molecular flexibility index (Phi) is 5.09. The van der Waals surface area contributed by atoms with Crippen molar-refractivity contribution in [2.75, 3.05) is 0 Å². The molecule has 0 amide bonds. The van der Waals surface area contributed by atoms with Gasteiger partial charge in [-0.15, -0.1) is 0 Å². The van der Waals surface area contributed by atoms with Crippen LogP contribution in [0.5, 0.6) is 0 Å². The third kappa shape index (κ3) is 3.17. The summed E-state index contributed by atoms with van der Waals surface area (Å²) in [5, 5.41) is 2.29. The molecule has 204 valence electrons. The van der Waals surface area contributed by atoms with Gasteiger partial charge in [-0.3, -0.25) is 4.57 Å². The van der Waals surface area contributed by atoms with Crippen LogP contribution in [-0.2, 0) is 11.8 Å². The van der Waals surface area contributed by atoms with Gasteiger partial charge >= 0.3 is 0 Å². The van der Waals surface area contributed by atoms with Crippen LogP contribution in [0.2, 0.25) is 0 Å². The molecule has 9 rings (SSSR count). The van der Waals surface area contributed by atoms with E-state index in [2.05, 4.69) is 151 Å². The van der Waals surface area contributed by atoms with Crippen molar-refractivity contribution in [1.29, 1.82) is 0 Å². The Hall–Kier alpha value is -5.41. The monoisotopic (exact) mass is 552 g/mol. The molecular weight excluding hydrogens is 524 g/mol. The molecule has 0 spiro atoms. The Morgan fingerprint density at radius 3 is 2.09 bits per heavy atom. The second kappa shape index (κ2) is 9.04. The quantitative estimate of drug-likeness (QED) is 0.218. The van der Waals surface area contributed by atoms with Crippen LogP contribution < -0.4 is 0 Å². The summed E-state index contributed by atoms with van der Waals surface area (Å²) in [5.74, 6) is 1.02. The number of nitrogens with zero attached hydrogens (tertiary/aromatic N) is 2. The van der Waals surface area contributed by atoms with Crippen molar-refractivity contribution in [3.8, 4) is 16.8 Å². The minimum absolute atomic E-state index is 0.515. The predicted molar refractivity (Wildman–Crippen MR) is 175 cm³/mol.